The topological polar surface area (TPSA) is 78.6 Å². The monoisotopic (exact) mass is 291 g/mol. The average molecular weight is 291 g/mol. The highest BCUT2D eigenvalue weighted by Crippen LogP contribution is 2.22. The Bertz CT molecular complexity index is 473. The lowest BCUT2D eigenvalue weighted by Crippen LogP contribution is -2.33. The molecule has 1 aliphatic rings. The third kappa shape index (κ3) is 4.03. The Hall–Kier alpha value is -1.43. The number of carbonyl (C=O) groups excluding carboxylic acids is 1. The van der Waals surface area contributed by atoms with Gasteiger partial charge in [0.1, 0.15) is 0 Å². The minimum atomic E-state index is -0.240. The van der Waals surface area contributed by atoms with Gasteiger partial charge in [-0.2, -0.15) is 0 Å². The van der Waals surface area contributed by atoms with Crippen LogP contribution in [0.3, 0.4) is 0 Å². The van der Waals surface area contributed by atoms with Gasteiger partial charge in [0.25, 0.3) is 0 Å². The summed E-state index contributed by atoms with van der Waals surface area (Å²) in [6.45, 7) is 6.58. The Morgan fingerprint density at radius 3 is 2.62 bits per heavy atom. The molecule has 3 unspecified atom stereocenters. The normalized spacial score (nSPS) is 22.0. The molecule has 0 aliphatic carbocycles. The van der Waals surface area contributed by atoms with Crippen LogP contribution in [-0.2, 0) is 11.3 Å². The third-order valence-corrected chi connectivity index (χ3v) is 4.41. The molecule has 1 saturated heterocycles. The van der Waals surface area contributed by atoms with Crippen molar-refractivity contribution in [2.45, 2.75) is 38.8 Å². The molecule has 5 heteroatoms. The largest absolute Gasteiger partial charge is 0.393 e. The van der Waals surface area contributed by atoms with Gasteiger partial charge in [0.2, 0.25) is 5.91 Å². The van der Waals surface area contributed by atoms with Crippen LogP contribution in [0.15, 0.2) is 24.3 Å². The van der Waals surface area contributed by atoms with Gasteiger partial charge in [-0.3, -0.25) is 15.1 Å². The molecule has 1 aliphatic heterocycles. The van der Waals surface area contributed by atoms with Crippen molar-refractivity contribution >= 4 is 5.91 Å². The van der Waals surface area contributed by atoms with Crippen molar-refractivity contribution < 1.29 is 9.90 Å². The summed E-state index contributed by atoms with van der Waals surface area (Å²) in [4.78, 5) is 13.9. The Kier molecular flexibility index (Phi) is 5.33. The van der Waals surface area contributed by atoms with Gasteiger partial charge >= 0.3 is 0 Å². The summed E-state index contributed by atoms with van der Waals surface area (Å²) >= 11 is 0. The van der Waals surface area contributed by atoms with Gasteiger partial charge in [-0.1, -0.05) is 24.3 Å². The maximum atomic E-state index is 11.5. The number of carbonyl (C=O) groups is 1. The van der Waals surface area contributed by atoms with E-state index in [-0.39, 0.29) is 17.9 Å². The first-order chi connectivity index (χ1) is 10.0. The Labute approximate surface area is 126 Å². The lowest BCUT2D eigenvalue weighted by atomic mass is 9.99. The number of aliphatic hydroxyl groups excluding tert-OH is 1. The predicted molar refractivity (Wildman–Crippen MR) is 82.3 cm³/mol. The first-order valence-electron chi connectivity index (χ1n) is 7.51. The van der Waals surface area contributed by atoms with Crippen LogP contribution in [0.4, 0.5) is 0 Å². The summed E-state index contributed by atoms with van der Waals surface area (Å²) in [5.41, 5.74) is 4.37. The molecule has 1 aromatic carbocycles. The van der Waals surface area contributed by atoms with E-state index >= 15 is 0 Å². The number of nitrogens with zero attached hydrogens (tertiary/aromatic N) is 1. The maximum Gasteiger partial charge on any atom is 0.241 e. The average Bonchev–Trinajstić information content (AvgIpc) is 2.95. The Balaban J connectivity index is 1.93. The highest BCUT2D eigenvalue weighted by molar-refractivity contribution is 5.82. The first-order valence-corrected chi connectivity index (χ1v) is 7.51. The number of hydrogen-bond donors (Lipinski definition) is 3. The van der Waals surface area contributed by atoms with E-state index < -0.39 is 0 Å². The second-order valence-corrected chi connectivity index (χ2v) is 6.00. The van der Waals surface area contributed by atoms with Crippen LogP contribution >= 0.6 is 0 Å². The van der Waals surface area contributed by atoms with Crippen molar-refractivity contribution in [3.8, 4) is 0 Å². The number of nitrogens with one attached hydrogen (secondary N) is 1. The second-order valence-electron chi connectivity index (χ2n) is 6.00. The molecule has 0 radical (unpaired) electrons. The molecule has 1 fully saturated rings. The summed E-state index contributed by atoms with van der Waals surface area (Å²) in [7, 11) is 0. The van der Waals surface area contributed by atoms with Crippen LogP contribution < -0.4 is 11.3 Å². The SMILES string of the molecule is CC(C(=O)NN)c1ccc(CN2CCC(C(C)O)C2)cc1. The van der Waals surface area contributed by atoms with E-state index in [1.807, 2.05) is 26.0 Å². The van der Waals surface area contributed by atoms with E-state index in [4.69, 9.17) is 5.84 Å². The first kappa shape index (κ1) is 15.9. The molecule has 0 bridgehead atoms. The van der Waals surface area contributed by atoms with Crippen LogP contribution in [0.5, 0.6) is 0 Å². The van der Waals surface area contributed by atoms with Crippen molar-refractivity contribution in [3.63, 3.8) is 0 Å². The van der Waals surface area contributed by atoms with Gasteiger partial charge in [-0.05, 0) is 43.9 Å². The number of hydrogen-bond acceptors (Lipinski definition) is 4. The van der Waals surface area contributed by atoms with Crippen LogP contribution in [0, 0.1) is 5.92 Å². The number of benzene rings is 1. The van der Waals surface area contributed by atoms with E-state index in [2.05, 4.69) is 22.5 Å². The molecule has 1 amide bonds. The van der Waals surface area contributed by atoms with Crippen LogP contribution in [-0.4, -0.2) is 35.1 Å². The second kappa shape index (κ2) is 7.02. The lowest BCUT2D eigenvalue weighted by molar-refractivity contribution is -0.122. The molecule has 3 atom stereocenters. The van der Waals surface area contributed by atoms with Gasteiger partial charge in [0.05, 0.1) is 12.0 Å². The van der Waals surface area contributed by atoms with E-state index in [0.717, 1.165) is 31.6 Å². The summed E-state index contributed by atoms with van der Waals surface area (Å²) in [6.07, 6.45) is 0.830. The number of nitrogens with two attached hydrogens (primary N) is 1. The fraction of sp³-hybridized carbons (Fsp3) is 0.562. The molecule has 5 nitrogen and oxygen atoms in total. The van der Waals surface area contributed by atoms with Crippen molar-refractivity contribution in [2.24, 2.45) is 11.8 Å². The van der Waals surface area contributed by atoms with Crippen LogP contribution in [0.25, 0.3) is 0 Å². The van der Waals surface area contributed by atoms with Crippen molar-refractivity contribution in [1.29, 1.82) is 0 Å². The molecule has 1 heterocycles. The quantitative estimate of drug-likeness (QED) is 0.429. The standard InChI is InChI=1S/C16H25N3O2/c1-11(16(21)18-17)14-5-3-13(4-6-14)9-19-8-7-15(10-19)12(2)20/h3-6,11-12,15,20H,7-10,17H2,1-2H3,(H,18,21). The fourth-order valence-corrected chi connectivity index (χ4v) is 2.85. The summed E-state index contributed by atoms with van der Waals surface area (Å²) in [5, 5.41) is 9.63. The fourth-order valence-electron chi connectivity index (χ4n) is 2.85. The molecular weight excluding hydrogens is 266 g/mol. The van der Waals surface area contributed by atoms with Gasteiger partial charge in [-0.25, -0.2) is 5.84 Å². The Morgan fingerprint density at radius 2 is 2.10 bits per heavy atom. The highest BCUT2D eigenvalue weighted by Gasteiger charge is 2.25. The molecular formula is C16H25N3O2. The van der Waals surface area contributed by atoms with Gasteiger partial charge < -0.3 is 5.11 Å². The number of aliphatic hydroxyl groups is 1. The van der Waals surface area contributed by atoms with Crippen LogP contribution in [0.2, 0.25) is 0 Å². The van der Waals surface area contributed by atoms with E-state index in [1.54, 1.807) is 0 Å². The van der Waals surface area contributed by atoms with E-state index in [0.29, 0.717) is 5.92 Å². The number of hydrazine groups is 1. The zero-order valence-corrected chi connectivity index (χ0v) is 12.7. The lowest BCUT2D eigenvalue weighted by Gasteiger charge is -2.18. The minimum absolute atomic E-state index is 0.179. The molecule has 2 rings (SSSR count). The van der Waals surface area contributed by atoms with Crippen molar-refractivity contribution in [1.82, 2.24) is 10.3 Å². The van der Waals surface area contributed by atoms with Gasteiger partial charge in [0, 0.05) is 13.1 Å². The zero-order chi connectivity index (χ0) is 15.4. The van der Waals surface area contributed by atoms with E-state index in [1.165, 1.54) is 5.56 Å². The zero-order valence-electron chi connectivity index (χ0n) is 12.7. The number of rotatable bonds is 5. The highest BCUT2D eigenvalue weighted by atomic mass is 16.3. The van der Waals surface area contributed by atoms with Crippen LogP contribution in [0.1, 0.15) is 37.3 Å². The van der Waals surface area contributed by atoms with E-state index in [9.17, 15) is 9.90 Å². The van der Waals surface area contributed by atoms with Gasteiger partial charge in [0.15, 0.2) is 0 Å². The van der Waals surface area contributed by atoms with Crippen molar-refractivity contribution in [3.05, 3.63) is 35.4 Å². The molecule has 4 N–H and O–H groups in total. The third-order valence-electron chi connectivity index (χ3n) is 4.41. The maximum absolute atomic E-state index is 11.5. The summed E-state index contributed by atoms with van der Waals surface area (Å²) in [5.74, 6) is 5.13. The summed E-state index contributed by atoms with van der Waals surface area (Å²) < 4.78 is 0. The minimum Gasteiger partial charge on any atom is -0.393 e. The number of likely N-dealkylation sites (tertiary alicyclic amines) is 1. The molecule has 116 valence electrons. The molecule has 0 saturated carbocycles. The Morgan fingerprint density at radius 1 is 1.43 bits per heavy atom. The molecule has 0 aromatic heterocycles. The van der Waals surface area contributed by atoms with Gasteiger partial charge in [-0.15, -0.1) is 0 Å². The molecule has 1 aromatic rings. The smallest absolute Gasteiger partial charge is 0.241 e. The summed E-state index contributed by atoms with van der Waals surface area (Å²) in [6, 6.07) is 8.09. The predicted octanol–water partition coefficient (Wildman–Crippen LogP) is 0.983. The molecule has 0 spiro atoms. The van der Waals surface area contributed by atoms with Crippen molar-refractivity contribution in [2.75, 3.05) is 13.1 Å². The molecule has 21 heavy (non-hydrogen) atoms. The number of amides is 1.